The Labute approximate surface area is 256 Å². The van der Waals surface area contributed by atoms with E-state index in [1.807, 2.05) is 79.7 Å². The second kappa shape index (κ2) is 14.8. The molecule has 1 fully saturated rings. The molecule has 1 saturated heterocycles. The summed E-state index contributed by atoms with van der Waals surface area (Å²) in [5.41, 5.74) is 1.90. The molecule has 0 radical (unpaired) electrons. The average Bonchev–Trinajstić information content (AvgIpc) is 2.92. The summed E-state index contributed by atoms with van der Waals surface area (Å²) in [4.78, 5) is 70.7. The van der Waals surface area contributed by atoms with Crippen molar-refractivity contribution in [1.29, 1.82) is 0 Å². The van der Waals surface area contributed by atoms with Crippen molar-refractivity contribution in [3.8, 4) is 0 Å². The maximum atomic E-state index is 14.3. The third-order valence-corrected chi connectivity index (χ3v) is 8.08. The van der Waals surface area contributed by atoms with Crippen LogP contribution >= 0.6 is 0 Å². The highest BCUT2D eigenvalue weighted by atomic mass is 16.2. The highest BCUT2D eigenvalue weighted by Gasteiger charge is 2.41. The number of rotatable bonds is 7. The first-order chi connectivity index (χ1) is 20.2. The fourth-order valence-electron chi connectivity index (χ4n) is 5.88. The van der Waals surface area contributed by atoms with Crippen LogP contribution in [0.2, 0.25) is 0 Å². The summed E-state index contributed by atoms with van der Waals surface area (Å²) in [6.07, 6.45) is 1.36. The van der Waals surface area contributed by atoms with Crippen molar-refractivity contribution in [2.75, 3.05) is 0 Å². The fourth-order valence-corrected chi connectivity index (χ4v) is 5.88. The first-order valence-electron chi connectivity index (χ1n) is 15.8. The molecule has 0 spiro atoms. The molecule has 10 nitrogen and oxygen atoms in total. The van der Waals surface area contributed by atoms with E-state index in [2.05, 4.69) is 21.3 Å². The maximum Gasteiger partial charge on any atom is 0.246 e. The SMILES string of the molecule is CC(C)C[C@@H]1NC(=O)C2Cc3ccccc3CN2C(=O)[C@H](CC(C)C)NC(=O)[C@H](C(C)C)NC(=O)[C@H](CC(C)C)NC1=O. The van der Waals surface area contributed by atoms with Crippen LogP contribution in [0.3, 0.4) is 0 Å². The Morgan fingerprint density at radius 3 is 1.63 bits per heavy atom. The molecule has 1 aromatic carbocycles. The number of carbonyl (C=O) groups is 5. The van der Waals surface area contributed by atoms with E-state index < -0.39 is 53.8 Å². The van der Waals surface area contributed by atoms with Gasteiger partial charge in [0.25, 0.3) is 0 Å². The van der Waals surface area contributed by atoms with E-state index in [1.165, 1.54) is 0 Å². The monoisotopic (exact) mass is 597 g/mol. The minimum absolute atomic E-state index is 0.0699. The van der Waals surface area contributed by atoms with Gasteiger partial charge >= 0.3 is 0 Å². The quantitative estimate of drug-likeness (QED) is 0.383. The predicted molar refractivity (Wildman–Crippen MR) is 165 cm³/mol. The van der Waals surface area contributed by atoms with E-state index in [0.29, 0.717) is 19.3 Å². The molecule has 0 aromatic heterocycles. The Bertz CT molecular complexity index is 1180. The Morgan fingerprint density at radius 2 is 1.09 bits per heavy atom. The number of amides is 5. The summed E-state index contributed by atoms with van der Waals surface area (Å²) in [6.45, 7) is 15.6. The number of nitrogens with one attached hydrogen (secondary N) is 4. The summed E-state index contributed by atoms with van der Waals surface area (Å²) in [6, 6.07) is 3.22. The van der Waals surface area contributed by atoms with E-state index in [1.54, 1.807) is 4.90 Å². The van der Waals surface area contributed by atoms with Gasteiger partial charge in [0.1, 0.15) is 30.2 Å². The zero-order chi connectivity index (χ0) is 32.0. The summed E-state index contributed by atoms with van der Waals surface area (Å²) in [5.74, 6) is -2.26. The van der Waals surface area contributed by atoms with Gasteiger partial charge in [0.2, 0.25) is 29.5 Å². The minimum Gasteiger partial charge on any atom is -0.343 e. The van der Waals surface area contributed by atoms with Gasteiger partial charge in [0.05, 0.1) is 0 Å². The van der Waals surface area contributed by atoms with Crippen molar-refractivity contribution in [2.45, 2.75) is 118 Å². The molecule has 1 aromatic rings. The van der Waals surface area contributed by atoms with Crippen molar-refractivity contribution >= 4 is 29.5 Å². The van der Waals surface area contributed by atoms with Gasteiger partial charge in [-0.05, 0) is 54.1 Å². The predicted octanol–water partition coefficient (Wildman–Crippen LogP) is 2.69. The molecular formula is C33H51N5O5. The van der Waals surface area contributed by atoms with Crippen LogP contribution in [-0.2, 0) is 36.9 Å². The molecular weight excluding hydrogens is 546 g/mol. The molecule has 43 heavy (non-hydrogen) atoms. The van der Waals surface area contributed by atoms with E-state index >= 15 is 0 Å². The number of benzene rings is 1. The molecule has 5 atom stereocenters. The maximum absolute atomic E-state index is 14.3. The Kier molecular flexibility index (Phi) is 11.8. The lowest BCUT2D eigenvalue weighted by Crippen LogP contribution is -2.60. The molecule has 2 heterocycles. The zero-order valence-corrected chi connectivity index (χ0v) is 27.0. The normalized spacial score (nSPS) is 25.9. The second-order valence-electron chi connectivity index (χ2n) is 13.8. The molecule has 2 aliphatic heterocycles. The molecule has 0 saturated carbocycles. The van der Waals surface area contributed by atoms with Gasteiger partial charge in [-0.15, -0.1) is 0 Å². The van der Waals surface area contributed by atoms with Crippen LogP contribution in [0, 0.1) is 23.7 Å². The second-order valence-corrected chi connectivity index (χ2v) is 13.8. The lowest BCUT2D eigenvalue weighted by molar-refractivity contribution is -0.146. The van der Waals surface area contributed by atoms with Crippen molar-refractivity contribution in [3.05, 3.63) is 35.4 Å². The van der Waals surface area contributed by atoms with Crippen LogP contribution in [0.15, 0.2) is 24.3 Å². The van der Waals surface area contributed by atoms with Gasteiger partial charge in [0, 0.05) is 13.0 Å². The first-order valence-corrected chi connectivity index (χ1v) is 15.8. The highest BCUT2D eigenvalue weighted by molar-refractivity contribution is 5.98. The smallest absolute Gasteiger partial charge is 0.246 e. The average molecular weight is 598 g/mol. The molecule has 4 N–H and O–H groups in total. The number of hydrogen-bond acceptors (Lipinski definition) is 5. The van der Waals surface area contributed by atoms with Crippen LogP contribution in [0.4, 0.5) is 0 Å². The van der Waals surface area contributed by atoms with Gasteiger partial charge in [-0.25, -0.2) is 0 Å². The van der Waals surface area contributed by atoms with Crippen molar-refractivity contribution in [2.24, 2.45) is 23.7 Å². The minimum atomic E-state index is -0.921. The van der Waals surface area contributed by atoms with E-state index in [-0.39, 0.29) is 42.5 Å². The topological polar surface area (TPSA) is 137 Å². The Balaban J connectivity index is 2.13. The van der Waals surface area contributed by atoms with Crippen molar-refractivity contribution in [3.63, 3.8) is 0 Å². The van der Waals surface area contributed by atoms with Gasteiger partial charge < -0.3 is 26.2 Å². The molecule has 3 rings (SSSR count). The highest BCUT2D eigenvalue weighted by Crippen LogP contribution is 2.26. The standard InChI is InChI=1S/C33H51N5O5/c1-18(2)13-24-29(39)34-25(14-19(3)4)30(40)37-28(21(7)8)32(42)36-26(15-20(5)6)33(43)38-17-23-12-10-9-11-22(23)16-27(38)31(41)35-24/h9-12,18-21,24-28H,13-17H2,1-8H3,(H,34,39)(H,35,41)(H,36,42)(H,37,40)/t24-,25-,26-,27?,28-/m0/s1. The fraction of sp³-hybridized carbons (Fsp3) is 0.667. The van der Waals surface area contributed by atoms with Crippen LogP contribution in [-0.4, -0.2) is 64.6 Å². The first kappa shape index (κ1) is 34.1. The molecule has 5 amide bonds. The van der Waals surface area contributed by atoms with E-state index in [9.17, 15) is 24.0 Å². The zero-order valence-electron chi connectivity index (χ0n) is 27.0. The van der Waals surface area contributed by atoms with E-state index in [0.717, 1.165) is 11.1 Å². The van der Waals surface area contributed by atoms with Crippen LogP contribution in [0.25, 0.3) is 0 Å². The van der Waals surface area contributed by atoms with Gasteiger partial charge in [-0.3, -0.25) is 24.0 Å². The molecule has 0 aliphatic carbocycles. The number of carbonyl (C=O) groups excluding carboxylic acids is 5. The van der Waals surface area contributed by atoms with Crippen LogP contribution in [0.5, 0.6) is 0 Å². The summed E-state index contributed by atoms with van der Waals surface area (Å²) < 4.78 is 0. The van der Waals surface area contributed by atoms with Gasteiger partial charge in [-0.1, -0.05) is 79.7 Å². The largest absolute Gasteiger partial charge is 0.343 e. The van der Waals surface area contributed by atoms with Crippen molar-refractivity contribution in [1.82, 2.24) is 26.2 Å². The molecule has 238 valence electrons. The van der Waals surface area contributed by atoms with Crippen LogP contribution < -0.4 is 21.3 Å². The Hall–Kier alpha value is -3.43. The molecule has 2 aliphatic rings. The number of nitrogens with zero attached hydrogens (tertiary/aromatic N) is 1. The van der Waals surface area contributed by atoms with Gasteiger partial charge in [-0.2, -0.15) is 0 Å². The lowest BCUT2D eigenvalue weighted by atomic mass is 9.91. The molecule has 1 unspecified atom stereocenters. The Morgan fingerprint density at radius 1 is 0.628 bits per heavy atom. The summed E-state index contributed by atoms with van der Waals surface area (Å²) in [7, 11) is 0. The molecule has 0 bridgehead atoms. The summed E-state index contributed by atoms with van der Waals surface area (Å²) in [5, 5.41) is 11.6. The number of hydrogen-bond donors (Lipinski definition) is 4. The van der Waals surface area contributed by atoms with Gasteiger partial charge in [0.15, 0.2) is 0 Å². The third-order valence-electron chi connectivity index (χ3n) is 8.08. The summed E-state index contributed by atoms with van der Waals surface area (Å²) >= 11 is 0. The lowest BCUT2D eigenvalue weighted by Gasteiger charge is -2.39. The van der Waals surface area contributed by atoms with Crippen molar-refractivity contribution < 1.29 is 24.0 Å². The van der Waals surface area contributed by atoms with Crippen LogP contribution in [0.1, 0.15) is 85.8 Å². The third kappa shape index (κ3) is 9.03. The van der Waals surface area contributed by atoms with E-state index in [4.69, 9.17) is 0 Å². The molecule has 10 heteroatoms. The number of fused-ring (bicyclic) bond motifs is 2.